The standard InChI is InChI=1S/C12H17NO4.ClH/c1-15-10-6-4-5-8(12(10)17-3)9(13)7-11(14)16-2;/h4-6,9H,7,13H2,1-3H3;1H. The average molecular weight is 276 g/mol. The number of hydrogen-bond acceptors (Lipinski definition) is 5. The maximum absolute atomic E-state index is 11.2. The van der Waals surface area contributed by atoms with Gasteiger partial charge in [-0.2, -0.15) is 0 Å². The quantitative estimate of drug-likeness (QED) is 0.828. The molecular formula is C12H18ClNO4. The van der Waals surface area contributed by atoms with Crippen LogP contribution in [0.1, 0.15) is 18.0 Å². The van der Waals surface area contributed by atoms with Gasteiger partial charge < -0.3 is 19.9 Å². The number of esters is 1. The summed E-state index contributed by atoms with van der Waals surface area (Å²) in [6.07, 6.45) is 0.0972. The topological polar surface area (TPSA) is 70.8 Å². The Morgan fingerprint density at radius 2 is 1.94 bits per heavy atom. The molecule has 0 aliphatic rings. The molecule has 0 saturated heterocycles. The zero-order valence-electron chi connectivity index (χ0n) is 10.6. The van der Waals surface area contributed by atoms with E-state index in [-0.39, 0.29) is 24.8 Å². The van der Waals surface area contributed by atoms with E-state index in [1.807, 2.05) is 0 Å². The molecule has 1 rings (SSSR count). The Morgan fingerprint density at radius 3 is 2.44 bits per heavy atom. The summed E-state index contributed by atoms with van der Waals surface area (Å²) < 4.78 is 15.0. The van der Waals surface area contributed by atoms with E-state index in [4.69, 9.17) is 15.2 Å². The highest BCUT2D eigenvalue weighted by atomic mass is 35.5. The molecular weight excluding hydrogens is 258 g/mol. The first-order valence-electron chi connectivity index (χ1n) is 5.17. The van der Waals surface area contributed by atoms with Gasteiger partial charge in [0.05, 0.1) is 27.8 Å². The highest BCUT2D eigenvalue weighted by Gasteiger charge is 2.18. The van der Waals surface area contributed by atoms with Crippen LogP contribution >= 0.6 is 12.4 Å². The van der Waals surface area contributed by atoms with E-state index in [0.29, 0.717) is 11.5 Å². The number of para-hydroxylation sites is 1. The molecule has 1 aromatic rings. The van der Waals surface area contributed by atoms with E-state index in [0.717, 1.165) is 5.56 Å². The van der Waals surface area contributed by atoms with Crippen LogP contribution in [0.25, 0.3) is 0 Å². The summed E-state index contributed by atoms with van der Waals surface area (Å²) in [5.41, 5.74) is 6.65. The molecule has 0 amide bonds. The zero-order valence-corrected chi connectivity index (χ0v) is 11.5. The van der Waals surface area contributed by atoms with Crippen LogP contribution in [0.2, 0.25) is 0 Å². The summed E-state index contributed by atoms with van der Waals surface area (Å²) in [6.45, 7) is 0. The van der Waals surface area contributed by atoms with Gasteiger partial charge >= 0.3 is 5.97 Å². The van der Waals surface area contributed by atoms with Crippen molar-refractivity contribution in [3.05, 3.63) is 23.8 Å². The van der Waals surface area contributed by atoms with Crippen molar-refractivity contribution in [2.75, 3.05) is 21.3 Å². The number of rotatable bonds is 5. The van der Waals surface area contributed by atoms with E-state index in [1.54, 1.807) is 25.3 Å². The Morgan fingerprint density at radius 1 is 1.28 bits per heavy atom. The van der Waals surface area contributed by atoms with E-state index in [1.165, 1.54) is 14.2 Å². The minimum absolute atomic E-state index is 0. The lowest BCUT2D eigenvalue weighted by Crippen LogP contribution is -2.17. The Bertz CT molecular complexity index is 398. The van der Waals surface area contributed by atoms with Crippen molar-refractivity contribution < 1.29 is 19.0 Å². The van der Waals surface area contributed by atoms with Crippen LogP contribution < -0.4 is 15.2 Å². The van der Waals surface area contributed by atoms with Crippen molar-refractivity contribution in [3.8, 4) is 11.5 Å². The lowest BCUT2D eigenvalue weighted by atomic mass is 10.0. The van der Waals surface area contributed by atoms with Crippen LogP contribution in [0.15, 0.2) is 18.2 Å². The van der Waals surface area contributed by atoms with E-state index >= 15 is 0 Å². The number of hydrogen-bond donors (Lipinski definition) is 1. The predicted molar refractivity (Wildman–Crippen MR) is 70.4 cm³/mol. The molecule has 0 saturated carbocycles. The molecule has 0 fully saturated rings. The van der Waals surface area contributed by atoms with Crippen molar-refractivity contribution >= 4 is 18.4 Å². The number of carbonyl (C=O) groups is 1. The molecule has 1 unspecified atom stereocenters. The molecule has 0 aromatic heterocycles. The lowest BCUT2D eigenvalue weighted by molar-refractivity contribution is -0.141. The minimum atomic E-state index is -0.479. The van der Waals surface area contributed by atoms with Crippen molar-refractivity contribution in [1.29, 1.82) is 0 Å². The normalized spacial score (nSPS) is 11.1. The summed E-state index contributed by atoms with van der Waals surface area (Å²) >= 11 is 0. The number of nitrogens with two attached hydrogens (primary N) is 1. The number of methoxy groups -OCH3 is 3. The summed E-state index contributed by atoms with van der Waals surface area (Å²) in [5.74, 6) is 0.777. The van der Waals surface area contributed by atoms with Gasteiger partial charge in [-0.15, -0.1) is 12.4 Å². The average Bonchev–Trinajstić information content (AvgIpc) is 2.37. The van der Waals surface area contributed by atoms with Gasteiger partial charge in [-0.3, -0.25) is 4.79 Å². The molecule has 102 valence electrons. The van der Waals surface area contributed by atoms with Crippen molar-refractivity contribution in [1.82, 2.24) is 0 Å². The van der Waals surface area contributed by atoms with Gasteiger partial charge in [-0.25, -0.2) is 0 Å². The summed E-state index contributed by atoms with van der Waals surface area (Å²) in [7, 11) is 4.41. The molecule has 0 aliphatic carbocycles. The second kappa shape index (κ2) is 7.79. The molecule has 0 aliphatic heterocycles. The van der Waals surface area contributed by atoms with Gasteiger partial charge in [-0.05, 0) is 6.07 Å². The monoisotopic (exact) mass is 275 g/mol. The SMILES string of the molecule is COC(=O)CC(N)c1cccc(OC)c1OC.Cl. The molecule has 18 heavy (non-hydrogen) atoms. The highest BCUT2D eigenvalue weighted by molar-refractivity contribution is 5.85. The van der Waals surface area contributed by atoms with E-state index < -0.39 is 6.04 Å². The third-order valence-corrected chi connectivity index (χ3v) is 2.45. The first-order valence-corrected chi connectivity index (χ1v) is 5.17. The Hall–Kier alpha value is -1.46. The summed E-state index contributed by atoms with van der Waals surface area (Å²) in [6, 6.07) is 4.89. The molecule has 0 bridgehead atoms. The lowest BCUT2D eigenvalue weighted by Gasteiger charge is -2.16. The maximum atomic E-state index is 11.2. The first kappa shape index (κ1) is 16.5. The Balaban J connectivity index is 0.00000289. The zero-order chi connectivity index (χ0) is 12.8. The molecule has 2 N–H and O–H groups in total. The molecule has 6 heteroatoms. The van der Waals surface area contributed by atoms with Gasteiger partial charge in [0.15, 0.2) is 11.5 Å². The van der Waals surface area contributed by atoms with E-state index in [9.17, 15) is 4.79 Å². The molecule has 1 aromatic carbocycles. The fourth-order valence-electron chi connectivity index (χ4n) is 1.58. The summed E-state index contributed by atoms with van der Waals surface area (Å²) in [4.78, 5) is 11.2. The van der Waals surface area contributed by atoms with Gasteiger partial charge in [0.1, 0.15) is 0 Å². The minimum Gasteiger partial charge on any atom is -0.493 e. The van der Waals surface area contributed by atoms with Crippen molar-refractivity contribution in [2.45, 2.75) is 12.5 Å². The van der Waals surface area contributed by atoms with Crippen LogP contribution in [-0.2, 0) is 9.53 Å². The van der Waals surface area contributed by atoms with E-state index in [2.05, 4.69) is 4.74 Å². The Labute approximate surface area is 113 Å². The van der Waals surface area contributed by atoms with Crippen molar-refractivity contribution in [3.63, 3.8) is 0 Å². The molecule has 0 spiro atoms. The van der Waals surface area contributed by atoms with Crippen LogP contribution in [-0.4, -0.2) is 27.3 Å². The molecule has 0 radical (unpaired) electrons. The third-order valence-electron chi connectivity index (χ3n) is 2.45. The smallest absolute Gasteiger partial charge is 0.307 e. The van der Waals surface area contributed by atoms with Crippen LogP contribution in [0.5, 0.6) is 11.5 Å². The first-order chi connectivity index (χ1) is 8.13. The maximum Gasteiger partial charge on any atom is 0.307 e. The molecule has 0 heterocycles. The second-order valence-electron chi connectivity index (χ2n) is 3.47. The fourth-order valence-corrected chi connectivity index (χ4v) is 1.58. The third kappa shape index (κ3) is 3.78. The van der Waals surface area contributed by atoms with Gasteiger partial charge in [0.25, 0.3) is 0 Å². The Kier molecular flexibility index (Phi) is 7.16. The van der Waals surface area contributed by atoms with Crippen molar-refractivity contribution in [2.24, 2.45) is 5.73 Å². The largest absolute Gasteiger partial charge is 0.493 e. The second-order valence-corrected chi connectivity index (χ2v) is 3.47. The number of ether oxygens (including phenoxy) is 3. The van der Waals surface area contributed by atoms with Crippen LogP contribution in [0.3, 0.4) is 0 Å². The summed E-state index contributed by atoms with van der Waals surface area (Å²) in [5, 5.41) is 0. The molecule has 5 nitrogen and oxygen atoms in total. The number of benzene rings is 1. The van der Waals surface area contributed by atoms with Crippen LogP contribution in [0.4, 0.5) is 0 Å². The van der Waals surface area contributed by atoms with Gasteiger partial charge in [0, 0.05) is 11.6 Å². The number of carbonyl (C=O) groups excluding carboxylic acids is 1. The highest BCUT2D eigenvalue weighted by Crippen LogP contribution is 2.34. The number of halogens is 1. The van der Waals surface area contributed by atoms with Crippen LogP contribution in [0, 0.1) is 0 Å². The predicted octanol–water partition coefficient (Wildman–Crippen LogP) is 1.69. The molecule has 1 atom stereocenters. The van der Waals surface area contributed by atoms with Gasteiger partial charge in [-0.1, -0.05) is 12.1 Å². The fraction of sp³-hybridized carbons (Fsp3) is 0.417. The van der Waals surface area contributed by atoms with Gasteiger partial charge in [0.2, 0.25) is 0 Å².